The van der Waals surface area contributed by atoms with Crippen molar-refractivity contribution in [2.24, 2.45) is 11.8 Å². The van der Waals surface area contributed by atoms with Gasteiger partial charge in [0.1, 0.15) is 0 Å². The molecule has 0 aliphatic heterocycles. The van der Waals surface area contributed by atoms with Gasteiger partial charge in [-0.15, -0.1) is 0 Å². The average molecular weight is 418 g/mol. The number of carboxylic acids is 1. The third-order valence-electron chi connectivity index (χ3n) is 7.14. The Kier molecular flexibility index (Phi) is 7.24. The van der Waals surface area contributed by atoms with Crippen molar-refractivity contribution in [2.45, 2.75) is 70.4 Å². The molecule has 2 aromatic carbocycles. The van der Waals surface area contributed by atoms with Gasteiger partial charge in [-0.05, 0) is 86.5 Å². The van der Waals surface area contributed by atoms with Gasteiger partial charge in [0.15, 0.2) is 0 Å². The molecule has 0 radical (unpaired) electrons. The first-order valence-corrected chi connectivity index (χ1v) is 12.0. The minimum absolute atomic E-state index is 0.400. The van der Waals surface area contributed by atoms with Gasteiger partial charge in [0.2, 0.25) is 0 Å². The molecule has 0 unspecified atom stereocenters. The Hall–Kier alpha value is -2.39. The third-order valence-corrected chi connectivity index (χ3v) is 7.14. The molecule has 0 heterocycles. The standard InChI is InChI=1S/C28H35NO2/c1-2-23(17-21-7-4-3-5-8-21)26-19-27(26)29-25-15-13-20(14-16-25)11-12-22-9-6-10-24(18-22)28(30)31/h3-10,17-18,20,25-27,29H,2,11-16,19H2,1H3,(H,30,31)/b23-17+/t20?,25?,26-,27+/m0/s1. The predicted molar refractivity (Wildman–Crippen MR) is 127 cm³/mol. The van der Waals surface area contributed by atoms with E-state index in [-0.39, 0.29) is 0 Å². The molecule has 2 atom stereocenters. The average Bonchev–Trinajstić information content (AvgIpc) is 3.56. The fraction of sp³-hybridized carbons (Fsp3) is 0.464. The quantitative estimate of drug-likeness (QED) is 0.500. The summed E-state index contributed by atoms with van der Waals surface area (Å²) in [5.41, 5.74) is 4.45. The first-order chi connectivity index (χ1) is 15.1. The van der Waals surface area contributed by atoms with Crippen LogP contribution in [-0.2, 0) is 6.42 Å². The summed E-state index contributed by atoms with van der Waals surface area (Å²) in [6.07, 6.45) is 12.1. The third kappa shape index (κ3) is 6.07. The van der Waals surface area contributed by atoms with Gasteiger partial charge in [-0.25, -0.2) is 4.79 Å². The molecule has 3 heteroatoms. The van der Waals surface area contributed by atoms with E-state index in [1.165, 1.54) is 44.1 Å². The van der Waals surface area contributed by atoms with Gasteiger partial charge < -0.3 is 10.4 Å². The largest absolute Gasteiger partial charge is 0.478 e. The van der Waals surface area contributed by atoms with Crippen LogP contribution in [0.15, 0.2) is 60.2 Å². The molecular weight excluding hydrogens is 382 g/mol. The molecule has 0 saturated heterocycles. The summed E-state index contributed by atoms with van der Waals surface area (Å²) < 4.78 is 0. The van der Waals surface area contributed by atoms with Crippen LogP contribution in [0, 0.1) is 11.8 Å². The normalized spacial score (nSPS) is 25.9. The molecule has 31 heavy (non-hydrogen) atoms. The van der Waals surface area contributed by atoms with Crippen molar-refractivity contribution in [1.29, 1.82) is 0 Å². The topological polar surface area (TPSA) is 49.3 Å². The van der Waals surface area contributed by atoms with Gasteiger partial charge in [0.05, 0.1) is 5.56 Å². The van der Waals surface area contributed by atoms with Crippen LogP contribution < -0.4 is 5.32 Å². The highest BCUT2D eigenvalue weighted by molar-refractivity contribution is 5.87. The Morgan fingerprint density at radius 1 is 1.06 bits per heavy atom. The highest BCUT2D eigenvalue weighted by Crippen LogP contribution is 2.41. The van der Waals surface area contributed by atoms with Crippen LogP contribution >= 0.6 is 0 Å². The Morgan fingerprint density at radius 3 is 2.55 bits per heavy atom. The van der Waals surface area contributed by atoms with E-state index in [1.54, 1.807) is 11.6 Å². The second-order valence-corrected chi connectivity index (χ2v) is 9.36. The number of rotatable bonds is 9. The lowest BCUT2D eigenvalue weighted by Gasteiger charge is -2.29. The summed E-state index contributed by atoms with van der Waals surface area (Å²) in [6.45, 7) is 2.28. The van der Waals surface area contributed by atoms with E-state index >= 15 is 0 Å². The Morgan fingerprint density at radius 2 is 1.84 bits per heavy atom. The maximum atomic E-state index is 11.2. The fourth-order valence-electron chi connectivity index (χ4n) is 5.17. The Bertz CT molecular complexity index is 896. The van der Waals surface area contributed by atoms with Crippen LogP contribution in [0.4, 0.5) is 0 Å². The molecule has 2 fully saturated rings. The summed E-state index contributed by atoms with van der Waals surface area (Å²) in [4.78, 5) is 11.2. The van der Waals surface area contributed by atoms with Crippen molar-refractivity contribution < 1.29 is 9.90 Å². The number of benzene rings is 2. The van der Waals surface area contributed by atoms with Crippen molar-refractivity contribution in [2.75, 3.05) is 0 Å². The summed E-state index contributed by atoms with van der Waals surface area (Å²) >= 11 is 0. The SMILES string of the molecule is CC/C(=C\c1ccccc1)[C@@H]1C[C@H]1NC1CCC(CCc2cccc(C(=O)O)c2)CC1. The predicted octanol–water partition coefficient (Wildman–Crippen LogP) is 6.35. The van der Waals surface area contributed by atoms with Crippen molar-refractivity contribution in [3.8, 4) is 0 Å². The number of nitrogens with one attached hydrogen (secondary N) is 1. The zero-order chi connectivity index (χ0) is 21.6. The first-order valence-electron chi connectivity index (χ1n) is 12.0. The number of aromatic carboxylic acids is 1. The Balaban J connectivity index is 1.20. The number of hydrogen-bond donors (Lipinski definition) is 2. The van der Waals surface area contributed by atoms with Crippen molar-refractivity contribution in [1.82, 2.24) is 5.32 Å². The second-order valence-electron chi connectivity index (χ2n) is 9.36. The van der Waals surface area contributed by atoms with Crippen LogP contribution in [0.2, 0.25) is 0 Å². The van der Waals surface area contributed by atoms with Crippen molar-refractivity contribution in [3.05, 3.63) is 76.9 Å². The minimum Gasteiger partial charge on any atom is -0.478 e. The summed E-state index contributed by atoms with van der Waals surface area (Å²) in [6, 6.07) is 19.4. The zero-order valence-electron chi connectivity index (χ0n) is 18.6. The van der Waals surface area contributed by atoms with Gasteiger partial charge >= 0.3 is 5.97 Å². The fourth-order valence-corrected chi connectivity index (χ4v) is 5.17. The van der Waals surface area contributed by atoms with Gasteiger partial charge in [-0.2, -0.15) is 0 Å². The van der Waals surface area contributed by atoms with Gasteiger partial charge in [0.25, 0.3) is 0 Å². The lowest BCUT2D eigenvalue weighted by atomic mass is 9.82. The molecule has 4 rings (SSSR count). The highest BCUT2D eigenvalue weighted by Gasteiger charge is 2.40. The van der Waals surface area contributed by atoms with E-state index in [1.807, 2.05) is 12.1 Å². The molecule has 2 aromatic rings. The van der Waals surface area contributed by atoms with Crippen LogP contribution in [0.3, 0.4) is 0 Å². The first kappa shape index (κ1) is 21.8. The minimum atomic E-state index is -0.836. The molecule has 0 bridgehead atoms. The van der Waals surface area contributed by atoms with E-state index < -0.39 is 5.97 Å². The summed E-state index contributed by atoms with van der Waals surface area (Å²) in [5, 5.41) is 13.1. The number of carbonyl (C=O) groups is 1. The maximum Gasteiger partial charge on any atom is 0.335 e. The molecule has 2 N–H and O–H groups in total. The van der Waals surface area contributed by atoms with Crippen molar-refractivity contribution >= 4 is 12.0 Å². The molecule has 164 valence electrons. The molecule has 2 aliphatic carbocycles. The van der Waals surface area contributed by atoms with E-state index in [4.69, 9.17) is 5.11 Å². The van der Waals surface area contributed by atoms with E-state index in [0.29, 0.717) is 23.6 Å². The van der Waals surface area contributed by atoms with Gasteiger partial charge in [-0.3, -0.25) is 0 Å². The monoisotopic (exact) mass is 417 g/mol. The molecule has 0 aromatic heterocycles. The lowest BCUT2D eigenvalue weighted by Crippen LogP contribution is -2.35. The number of hydrogen-bond acceptors (Lipinski definition) is 2. The van der Waals surface area contributed by atoms with Crippen LogP contribution in [0.25, 0.3) is 6.08 Å². The molecule has 2 aliphatic rings. The van der Waals surface area contributed by atoms with Crippen molar-refractivity contribution in [3.63, 3.8) is 0 Å². The number of aryl methyl sites for hydroxylation is 1. The lowest BCUT2D eigenvalue weighted by molar-refractivity contribution is 0.0696. The molecule has 0 amide bonds. The Labute approximate surface area is 186 Å². The second kappa shape index (κ2) is 10.3. The highest BCUT2D eigenvalue weighted by atomic mass is 16.4. The van der Waals surface area contributed by atoms with Crippen LogP contribution in [0.5, 0.6) is 0 Å². The molecular formula is C28H35NO2. The summed E-state index contributed by atoms with van der Waals surface area (Å²) in [5.74, 6) is 0.645. The number of carboxylic acid groups (broad SMARTS) is 1. The van der Waals surface area contributed by atoms with E-state index in [2.05, 4.69) is 54.7 Å². The smallest absolute Gasteiger partial charge is 0.335 e. The molecule has 2 saturated carbocycles. The molecule has 3 nitrogen and oxygen atoms in total. The van der Waals surface area contributed by atoms with Crippen LogP contribution in [0.1, 0.15) is 73.4 Å². The van der Waals surface area contributed by atoms with Gasteiger partial charge in [-0.1, -0.05) is 61.0 Å². The van der Waals surface area contributed by atoms with Gasteiger partial charge in [0, 0.05) is 12.1 Å². The van der Waals surface area contributed by atoms with E-state index in [9.17, 15) is 4.79 Å². The zero-order valence-corrected chi connectivity index (χ0v) is 18.6. The summed E-state index contributed by atoms with van der Waals surface area (Å²) in [7, 11) is 0. The van der Waals surface area contributed by atoms with Crippen LogP contribution in [-0.4, -0.2) is 23.2 Å². The maximum absolute atomic E-state index is 11.2. The molecule has 0 spiro atoms. The van der Waals surface area contributed by atoms with E-state index in [0.717, 1.165) is 24.3 Å².